The highest BCUT2D eigenvalue weighted by atomic mass is 19.4. The van der Waals surface area contributed by atoms with Crippen LogP contribution in [0.1, 0.15) is 22.5 Å². The van der Waals surface area contributed by atoms with Gasteiger partial charge < -0.3 is 10.4 Å². The fourth-order valence-corrected chi connectivity index (χ4v) is 1.80. The fourth-order valence-electron chi connectivity index (χ4n) is 1.80. The standard InChI is InChI=1S/C13H10F5N5O3/c14-9(15)3-7(12(25)26)20-11(24)8-5-23(22-21-8)10-2-1-6(4-19-10)13(16,17)18/h1-2,4-5,7,9H,3H2,(H,20,24)(H,25,26). The summed E-state index contributed by atoms with van der Waals surface area (Å²) in [6, 6.07) is -0.111. The third kappa shape index (κ3) is 4.70. The maximum absolute atomic E-state index is 12.5. The number of aromatic nitrogens is 4. The van der Waals surface area contributed by atoms with E-state index in [1.165, 1.54) is 0 Å². The summed E-state index contributed by atoms with van der Waals surface area (Å²) < 4.78 is 62.9. The summed E-state index contributed by atoms with van der Waals surface area (Å²) in [6.45, 7) is 0. The molecule has 0 aliphatic carbocycles. The molecule has 2 N–H and O–H groups in total. The maximum atomic E-state index is 12.5. The number of amides is 1. The molecule has 0 fully saturated rings. The van der Waals surface area contributed by atoms with E-state index < -0.39 is 48.2 Å². The van der Waals surface area contributed by atoms with Crippen LogP contribution in [0.25, 0.3) is 5.82 Å². The second kappa shape index (κ2) is 7.41. The first-order valence-electron chi connectivity index (χ1n) is 6.85. The molecule has 2 aromatic heterocycles. The molecule has 0 spiro atoms. The summed E-state index contributed by atoms with van der Waals surface area (Å²) in [4.78, 5) is 26.2. The number of nitrogens with one attached hydrogen (secondary N) is 1. The molecule has 8 nitrogen and oxygen atoms in total. The van der Waals surface area contributed by atoms with Crippen molar-refractivity contribution in [2.45, 2.75) is 25.1 Å². The monoisotopic (exact) mass is 379 g/mol. The van der Waals surface area contributed by atoms with E-state index in [9.17, 15) is 31.5 Å². The quantitative estimate of drug-likeness (QED) is 0.737. The van der Waals surface area contributed by atoms with E-state index in [0.29, 0.717) is 6.20 Å². The number of pyridine rings is 1. The van der Waals surface area contributed by atoms with Gasteiger partial charge in [-0.1, -0.05) is 5.21 Å². The summed E-state index contributed by atoms with van der Waals surface area (Å²) in [5.74, 6) is -2.83. The van der Waals surface area contributed by atoms with Gasteiger partial charge in [0, 0.05) is 12.6 Å². The van der Waals surface area contributed by atoms with Crippen LogP contribution in [0.4, 0.5) is 22.0 Å². The van der Waals surface area contributed by atoms with E-state index in [0.717, 1.165) is 23.0 Å². The summed E-state index contributed by atoms with van der Waals surface area (Å²) in [6.07, 6.45) is -7.11. The minimum atomic E-state index is -4.57. The summed E-state index contributed by atoms with van der Waals surface area (Å²) in [7, 11) is 0. The average molecular weight is 379 g/mol. The van der Waals surface area contributed by atoms with Gasteiger partial charge in [0.05, 0.1) is 11.8 Å². The molecule has 1 amide bonds. The molecule has 0 aromatic carbocycles. The lowest BCUT2D eigenvalue weighted by molar-refractivity contribution is -0.140. The first-order valence-corrected chi connectivity index (χ1v) is 6.85. The topological polar surface area (TPSA) is 110 Å². The minimum Gasteiger partial charge on any atom is -0.480 e. The van der Waals surface area contributed by atoms with Gasteiger partial charge in [0.1, 0.15) is 6.04 Å². The molecule has 1 unspecified atom stereocenters. The SMILES string of the molecule is O=C(NC(CC(F)F)C(=O)O)c1cn(-c2ccc(C(F)(F)F)cn2)nn1. The number of carbonyl (C=O) groups is 2. The van der Waals surface area contributed by atoms with Crippen LogP contribution in [0.2, 0.25) is 0 Å². The van der Waals surface area contributed by atoms with Gasteiger partial charge in [-0.25, -0.2) is 23.2 Å². The molecule has 2 rings (SSSR count). The van der Waals surface area contributed by atoms with Crippen LogP contribution in [0, 0.1) is 0 Å². The van der Waals surface area contributed by atoms with Crippen molar-refractivity contribution in [2.75, 3.05) is 0 Å². The van der Waals surface area contributed by atoms with Gasteiger partial charge >= 0.3 is 12.1 Å². The molecule has 2 heterocycles. The third-order valence-corrected chi connectivity index (χ3v) is 3.05. The number of carboxylic acid groups (broad SMARTS) is 1. The summed E-state index contributed by atoms with van der Waals surface area (Å²) in [5.41, 5.74) is -1.41. The second-order valence-electron chi connectivity index (χ2n) is 4.94. The number of hydrogen-bond donors (Lipinski definition) is 2. The third-order valence-electron chi connectivity index (χ3n) is 3.05. The molecule has 140 valence electrons. The fraction of sp³-hybridized carbons (Fsp3) is 0.308. The highest BCUT2D eigenvalue weighted by Crippen LogP contribution is 2.28. The number of hydrogen-bond acceptors (Lipinski definition) is 5. The van der Waals surface area contributed by atoms with Crippen molar-refractivity contribution < 1.29 is 36.6 Å². The Morgan fingerprint density at radius 3 is 2.46 bits per heavy atom. The zero-order valence-electron chi connectivity index (χ0n) is 12.6. The van der Waals surface area contributed by atoms with E-state index in [2.05, 4.69) is 15.3 Å². The lowest BCUT2D eigenvalue weighted by atomic mass is 10.2. The van der Waals surface area contributed by atoms with E-state index in [4.69, 9.17) is 5.11 Å². The summed E-state index contributed by atoms with van der Waals surface area (Å²) in [5, 5.41) is 17.5. The smallest absolute Gasteiger partial charge is 0.417 e. The Hall–Kier alpha value is -3.12. The molecule has 0 saturated carbocycles. The predicted octanol–water partition coefficient (Wildman–Crippen LogP) is 1.52. The number of alkyl halides is 5. The molecular formula is C13H10F5N5O3. The highest BCUT2D eigenvalue weighted by molar-refractivity contribution is 5.94. The Morgan fingerprint density at radius 2 is 1.96 bits per heavy atom. The van der Waals surface area contributed by atoms with Gasteiger partial charge in [0.2, 0.25) is 6.43 Å². The van der Waals surface area contributed by atoms with Crippen LogP contribution < -0.4 is 5.32 Å². The number of rotatable bonds is 6. The zero-order chi connectivity index (χ0) is 19.5. The molecule has 0 aliphatic rings. The van der Waals surface area contributed by atoms with Crippen LogP contribution in [0.5, 0.6) is 0 Å². The Morgan fingerprint density at radius 1 is 1.27 bits per heavy atom. The van der Waals surface area contributed by atoms with Crippen molar-refractivity contribution in [1.29, 1.82) is 0 Å². The normalized spacial score (nSPS) is 12.8. The van der Waals surface area contributed by atoms with Crippen molar-refractivity contribution in [2.24, 2.45) is 0 Å². The number of halogens is 5. The number of nitrogens with zero attached hydrogens (tertiary/aromatic N) is 4. The number of carboxylic acids is 1. The van der Waals surface area contributed by atoms with E-state index in [-0.39, 0.29) is 5.82 Å². The van der Waals surface area contributed by atoms with Crippen LogP contribution in [0.15, 0.2) is 24.5 Å². The molecule has 2 aromatic rings. The maximum Gasteiger partial charge on any atom is 0.417 e. The zero-order valence-corrected chi connectivity index (χ0v) is 12.6. The van der Waals surface area contributed by atoms with Crippen molar-refractivity contribution >= 4 is 11.9 Å². The minimum absolute atomic E-state index is 0.0908. The number of aliphatic carboxylic acids is 1. The molecule has 26 heavy (non-hydrogen) atoms. The Bertz CT molecular complexity index is 790. The van der Waals surface area contributed by atoms with Crippen LogP contribution in [-0.2, 0) is 11.0 Å². The highest BCUT2D eigenvalue weighted by Gasteiger charge is 2.31. The number of carbonyl (C=O) groups excluding carboxylic acids is 1. The Labute approximate surface area is 141 Å². The van der Waals surface area contributed by atoms with Gasteiger partial charge in [0.15, 0.2) is 11.5 Å². The van der Waals surface area contributed by atoms with Gasteiger partial charge in [0.25, 0.3) is 5.91 Å². The lowest BCUT2D eigenvalue weighted by Crippen LogP contribution is -2.42. The van der Waals surface area contributed by atoms with Crippen molar-refractivity contribution in [3.63, 3.8) is 0 Å². The Kier molecular flexibility index (Phi) is 5.47. The van der Waals surface area contributed by atoms with E-state index >= 15 is 0 Å². The lowest BCUT2D eigenvalue weighted by Gasteiger charge is -2.12. The van der Waals surface area contributed by atoms with Crippen molar-refractivity contribution in [3.8, 4) is 5.82 Å². The van der Waals surface area contributed by atoms with Gasteiger partial charge in [-0.15, -0.1) is 5.10 Å². The molecule has 0 radical (unpaired) electrons. The van der Waals surface area contributed by atoms with E-state index in [1.807, 2.05) is 5.32 Å². The van der Waals surface area contributed by atoms with Crippen LogP contribution >= 0.6 is 0 Å². The van der Waals surface area contributed by atoms with Crippen molar-refractivity contribution in [3.05, 3.63) is 35.8 Å². The molecule has 0 bridgehead atoms. The van der Waals surface area contributed by atoms with Crippen LogP contribution in [-0.4, -0.2) is 49.4 Å². The molecular weight excluding hydrogens is 369 g/mol. The first kappa shape index (κ1) is 19.2. The summed E-state index contributed by atoms with van der Waals surface area (Å²) >= 11 is 0. The molecule has 1 atom stereocenters. The molecule has 0 aliphatic heterocycles. The molecule has 13 heteroatoms. The molecule has 0 saturated heterocycles. The second-order valence-corrected chi connectivity index (χ2v) is 4.94. The van der Waals surface area contributed by atoms with Gasteiger partial charge in [-0.2, -0.15) is 13.2 Å². The first-order chi connectivity index (χ1) is 12.1. The largest absolute Gasteiger partial charge is 0.480 e. The van der Waals surface area contributed by atoms with Crippen LogP contribution in [0.3, 0.4) is 0 Å². The van der Waals surface area contributed by atoms with Gasteiger partial charge in [-0.3, -0.25) is 4.79 Å². The van der Waals surface area contributed by atoms with Gasteiger partial charge in [-0.05, 0) is 12.1 Å². The van der Waals surface area contributed by atoms with Crippen molar-refractivity contribution in [1.82, 2.24) is 25.3 Å². The average Bonchev–Trinajstić information content (AvgIpc) is 3.03. The predicted molar refractivity (Wildman–Crippen MR) is 73.7 cm³/mol. The Balaban J connectivity index is 2.13. The van der Waals surface area contributed by atoms with E-state index in [1.54, 1.807) is 0 Å².